The molecule has 3 atom stereocenters. The van der Waals surface area contributed by atoms with Gasteiger partial charge in [-0.05, 0) is 60.8 Å². The van der Waals surface area contributed by atoms with Crippen molar-refractivity contribution in [1.29, 1.82) is 0 Å². The molecule has 0 aliphatic carbocycles. The summed E-state index contributed by atoms with van der Waals surface area (Å²) in [7, 11) is 0. The van der Waals surface area contributed by atoms with Gasteiger partial charge in [0.25, 0.3) is 0 Å². The van der Waals surface area contributed by atoms with Gasteiger partial charge in [-0.25, -0.2) is 4.79 Å². The summed E-state index contributed by atoms with van der Waals surface area (Å²) in [5, 5.41) is 9.54. The normalized spacial score (nSPS) is 13.0. The summed E-state index contributed by atoms with van der Waals surface area (Å²) in [6.45, 7) is 10.4. The number of Topliss-reactive ketones (excluding diaryl/α,β-unsaturated/α-hetero) is 1. The summed E-state index contributed by atoms with van der Waals surface area (Å²) >= 11 is 0. The highest BCUT2D eigenvalue weighted by molar-refractivity contribution is 5.91. The van der Waals surface area contributed by atoms with E-state index in [-0.39, 0.29) is 55.3 Å². The molecule has 1 heterocycles. The van der Waals surface area contributed by atoms with Crippen LogP contribution in [0.25, 0.3) is 11.0 Å². The second-order valence-corrected chi connectivity index (χ2v) is 14.0. The zero-order chi connectivity index (χ0) is 37.5. The van der Waals surface area contributed by atoms with Crippen LogP contribution in [0.1, 0.15) is 76.5 Å². The molecule has 3 unspecified atom stereocenters. The number of rotatable bonds is 20. The largest absolute Gasteiger partial charge is 0.423 e. The molecule has 3 amide bonds. The quantitative estimate of drug-likeness (QED) is 0.0508. The fraction of sp³-hybridized carbons (Fsp3) is 0.487. The number of nitrogens with zero attached hydrogens (tertiary/aromatic N) is 1. The average molecular weight is 703 g/mol. The van der Waals surface area contributed by atoms with E-state index in [4.69, 9.17) is 15.9 Å². The third-order valence-electron chi connectivity index (χ3n) is 8.66. The van der Waals surface area contributed by atoms with Crippen molar-refractivity contribution in [2.24, 2.45) is 34.2 Å². The van der Waals surface area contributed by atoms with Gasteiger partial charge >= 0.3 is 5.63 Å². The highest BCUT2D eigenvalue weighted by atomic mass is 16.4. The van der Waals surface area contributed by atoms with Crippen LogP contribution in [-0.4, -0.2) is 54.6 Å². The molecule has 0 aliphatic heterocycles. The van der Waals surface area contributed by atoms with Crippen LogP contribution in [0.4, 0.5) is 0 Å². The fourth-order valence-corrected chi connectivity index (χ4v) is 5.92. The van der Waals surface area contributed by atoms with E-state index in [1.54, 1.807) is 6.07 Å². The van der Waals surface area contributed by atoms with Crippen molar-refractivity contribution in [3.05, 3.63) is 81.7 Å². The van der Waals surface area contributed by atoms with E-state index in [0.717, 1.165) is 11.1 Å². The number of nitrogens with one attached hydrogen (secondary N) is 3. The zero-order valence-electron chi connectivity index (χ0n) is 30.5. The highest BCUT2D eigenvalue weighted by Crippen LogP contribution is 2.20. The molecule has 0 aliphatic rings. The number of fused-ring (bicyclic) bond motifs is 1. The smallest absolute Gasteiger partial charge is 0.336 e. The Hall–Kier alpha value is -5.00. The van der Waals surface area contributed by atoms with Crippen LogP contribution in [-0.2, 0) is 32.0 Å². The molecule has 0 fully saturated rings. The molecule has 0 saturated carbocycles. The Kier molecular flexibility index (Phi) is 15.9. The van der Waals surface area contributed by atoms with Crippen LogP contribution in [0.3, 0.4) is 0 Å². The molecule has 0 saturated heterocycles. The molecule has 12 nitrogen and oxygen atoms in total. The van der Waals surface area contributed by atoms with E-state index in [9.17, 15) is 24.0 Å². The van der Waals surface area contributed by atoms with Gasteiger partial charge in [0.1, 0.15) is 17.4 Å². The van der Waals surface area contributed by atoms with Gasteiger partial charge in [-0.15, -0.1) is 0 Å². The van der Waals surface area contributed by atoms with Gasteiger partial charge in [-0.2, -0.15) is 0 Å². The molecule has 3 aromatic rings. The summed E-state index contributed by atoms with van der Waals surface area (Å²) in [5.74, 6) is -1.38. The number of aryl methyl sites for hydroxylation is 1. The van der Waals surface area contributed by atoms with Crippen LogP contribution in [0.5, 0.6) is 0 Å². The Balaban J connectivity index is 1.68. The Bertz CT molecular complexity index is 1710. The van der Waals surface area contributed by atoms with E-state index in [0.29, 0.717) is 48.8 Å². The summed E-state index contributed by atoms with van der Waals surface area (Å²) < 4.78 is 5.34. The summed E-state index contributed by atoms with van der Waals surface area (Å²) in [4.78, 5) is 69.6. The lowest BCUT2D eigenvalue weighted by Gasteiger charge is -2.27. The van der Waals surface area contributed by atoms with Crippen molar-refractivity contribution in [1.82, 2.24) is 16.0 Å². The van der Waals surface area contributed by atoms with Crippen molar-refractivity contribution in [2.45, 2.75) is 91.6 Å². The first-order valence-electron chi connectivity index (χ1n) is 17.7. The number of aliphatic imine (C=N–C) groups is 1. The van der Waals surface area contributed by atoms with Gasteiger partial charge in [-0.3, -0.25) is 24.2 Å². The SMILES string of the molecule is Cc1ccc2c(CC(=O)NC(Cc3ccccc3)C(=O)NCC(NC(=O)C(CC(=O)CCCCN=C(N)N)CC(C)C)C(C)C)cc(=O)oc2c1. The molecule has 51 heavy (non-hydrogen) atoms. The molecule has 7 N–H and O–H groups in total. The summed E-state index contributed by atoms with van der Waals surface area (Å²) in [6, 6.07) is 14.7. The number of hydrogen-bond acceptors (Lipinski definition) is 7. The second kappa shape index (κ2) is 20.0. The Morgan fingerprint density at radius 3 is 2.29 bits per heavy atom. The average Bonchev–Trinajstić information content (AvgIpc) is 3.05. The van der Waals surface area contributed by atoms with Crippen molar-refractivity contribution in [3.63, 3.8) is 0 Å². The van der Waals surface area contributed by atoms with Crippen LogP contribution in [0, 0.1) is 24.7 Å². The van der Waals surface area contributed by atoms with Crippen LogP contribution in [0.15, 0.2) is 68.8 Å². The third-order valence-corrected chi connectivity index (χ3v) is 8.66. The second-order valence-electron chi connectivity index (χ2n) is 14.0. The Morgan fingerprint density at radius 1 is 0.902 bits per heavy atom. The van der Waals surface area contributed by atoms with Gasteiger partial charge in [0, 0.05) is 55.8 Å². The molecule has 0 radical (unpaired) electrons. The van der Waals surface area contributed by atoms with Crippen molar-refractivity contribution in [3.8, 4) is 0 Å². The molecule has 0 bridgehead atoms. The lowest BCUT2D eigenvalue weighted by molar-refractivity contribution is -0.131. The molecular formula is C39H54N6O6. The van der Waals surface area contributed by atoms with Gasteiger partial charge in [0.2, 0.25) is 17.7 Å². The standard InChI is InChI=1S/C39H54N6O6/c1-24(2)17-29(20-30(46)13-9-10-16-42-39(40)41)37(49)45-33(25(3)4)23-43-38(50)32(19-27-11-7-6-8-12-27)44-35(47)21-28-22-36(48)51-34-18-26(5)14-15-31(28)34/h6-8,11-12,14-15,18,22,24-25,29,32-33H,9-10,13,16-17,19-21,23H2,1-5H3,(H,43,50)(H,44,47)(H,45,49)(H4,40,41,42). The number of carbonyl (C=O) groups excluding carboxylic acids is 4. The maximum Gasteiger partial charge on any atom is 0.336 e. The van der Waals surface area contributed by atoms with E-state index < -0.39 is 35.4 Å². The minimum atomic E-state index is -0.921. The topological polar surface area (TPSA) is 199 Å². The predicted molar refractivity (Wildman–Crippen MR) is 200 cm³/mol. The minimum Gasteiger partial charge on any atom is -0.423 e. The first-order chi connectivity index (χ1) is 24.2. The number of unbranched alkanes of at least 4 members (excludes halogenated alkanes) is 1. The maximum absolute atomic E-state index is 13.7. The van der Waals surface area contributed by atoms with Crippen LogP contribution >= 0.6 is 0 Å². The number of carbonyl (C=O) groups is 4. The number of ketones is 1. The van der Waals surface area contributed by atoms with Crippen LogP contribution < -0.4 is 33.0 Å². The van der Waals surface area contributed by atoms with Crippen molar-refractivity contribution < 1.29 is 23.6 Å². The monoisotopic (exact) mass is 702 g/mol. The first-order valence-corrected chi connectivity index (χ1v) is 17.7. The summed E-state index contributed by atoms with van der Waals surface area (Å²) in [6.07, 6.45) is 2.43. The predicted octanol–water partition coefficient (Wildman–Crippen LogP) is 3.69. The molecule has 276 valence electrons. The third kappa shape index (κ3) is 14.0. The highest BCUT2D eigenvalue weighted by Gasteiger charge is 2.28. The molecule has 12 heteroatoms. The fourth-order valence-electron chi connectivity index (χ4n) is 5.92. The number of hydrogen-bond donors (Lipinski definition) is 5. The summed E-state index contributed by atoms with van der Waals surface area (Å²) in [5.41, 5.74) is 12.8. The molecular weight excluding hydrogens is 648 g/mol. The maximum atomic E-state index is 13.7. The molecule has 3 rings (SSSR count). The molecule has 2 aromatic carbocycles. The van der Waals surface area contributed by atoms with Gasteiger partial charge in [-0.1, -0.05) is 70.2 Å². The van der Waals surface area contributed by atoms with E-state index >= 15 is 0 Å². The van der Waals surface area contributed by atoms with Crippen molar-refractivity contribution >= 4 is 40.4 Å². The number of guanidine groups is 1. The number of amides is 3. The van der Waals surface area contributed by atoms with Gasteiger partial charge in [0.15, 0.2) is 5.96 Å². The van der Waals surface area contributed by atoms with Gasteiger partial charge in [0.05, 0.1) is 6.42 Å². The van der Waals surface area contributed by atoms with Crippen LogP contribution in [0.2, 0.25) is 0 Å². The van der Waals surface area contributed by atoms with E-state index in [2.05, 4.69) is 20.9 Å². The van der Waals surface area contributed by atoms with Crippen molar-refractivity contribution in [2.75, 3.05) is 13.1 Å². The Morgan fingerprint density at radius 2 is 1.63 bits per heavy atom. The number of benzene rings is 2. The first kappa shape index (κ1) is 40.4. The lowest BCUT2D eigenvalue weighted by Crippen LogP contribution is -2.53. The van der Waals surface area contributed by atoms with E-state index in [1.165, 1.54) is 6.07 Å². The minimum absolute atomic E-state index is 0.00822. The molecule has 1 aromatic heterocycles. The zero-order valence-corrected chi connectivity index (χ0v) is 30.5. The lowest BCUT2D eigenvalue weighted by atomic mass is 9.89. The van der Waals surface area contributed by atoms with E-state index in [1.807, 2.05) is 77.1 Å². The Labute approximate surface area is 300 Å². The molecule has 0 spiro atoms. The van der Waals surface area contributed by atoms with Gasteiger partial charge < -0.3 is 31.8 Å². The number of nitrogens with two attached hydrogens (primary N) is 2.